The SMILES string of the molecule is CC(C)(C)N1CC(C(=O)N2CCN(C(=O)c3ccc(Cl)cc3Cl)CC2)CC1=O. The molecule has 0 saturated carbocycles. The van der Waals surface area contributed by atoms with Crippen LogP contribution in [0.25, 0.3) is 0 Å². The van der Waals surface area contributed by atoms with Crippen LogP contribution in [0.3, 0.4) is 0 Å². The largest absolute Gasteiger partial charge is 0.339 e. The van der Waals surface area contributed by atoms with E-state index in [4.69, 9.17) is 23.2 Å². The van der Waals surface area contributed by atoms with Crippen molar-refractivity contribution in [3.8, 4) is 0 Å². The quantitative estimate of drug-likeness (QED) is 0.731. The fraction of sp³-hybridized carbons (Fsp3) is 0.550. The molecular weight excluding hydrogens is 401 g/mol. The second kappa shape index (κ2) is 7.91. The summed E-state index contributed by atoms with van der Waals surface area (Å²) in [4.78, 5) is 43.1. The van der Waals surface area contributed by atoms with Crippen LogP contribution in [0.5, 0.6) is 0 Å². The Kier molecular flexibility index (Phi) is 5.92. The lowest BCUT2D eigenvalue weighted by molar-refractivity contribution is -0.137. The molecular formula is C20H25Cl2N3O3. The second-order valence-corrected chi connectivity index (χ2v) is 9.16. The molecule has 0 spiro atoms. The molecule has 0 N–H and O–H groups in total. The number of carbonyl (C=O) groups excluding carboxylic acids is 3. The minimum atomic E-state index is -0.306. The molecule has 2 saturated heterocycles. The highest BCUT2D eigenvalue weighted by Gasteiger charge is 2.41. The van der Waals surface area contributed by atoms with Crippen molar-refractivity contribution in [3.05, 3.63) is 33.8 Å². The van der Waals surface area contributed by atoms with Crippen LogP contribution in [0.15, 0.2) is 18.2 Å². The van der Waals surface area contributed by atoms with Crippen molar-refractivity contribution < 1.29 is 14.4 Å². The molecule has 0 aromatic heterocycles. The first kappa shape index (κ1) is 20.9. The van der Waals surface area contributed by atoms with E-state index in [9.17, 15) is 14.4 Å². The molecule has 0 radical (unpaired) electrons. The van der Waals surface area contributed by atoms with Gasteiger partial charge >= 0.3 is 0 Å². The summed E-state index contributed by atoms with van der Waals surface area (Å²) in [5.74, 6) is -0.447. The predicted octanol–water partition coefficient (Wildman–Crippen LogP) is 2.92. The molecule has 28 heavy (non-hydrogen) atoms. The van der Waals surface area contributed by atoms with E-state index in [-0.39, 0.29) is 35.6 Å². The summed E-state index contributed by atoms with van der Waals surface area (Å²) in [5, 5.41) is 0.801. The Bertz CT molecular complexity index is 798. The van der Waals surface area contributed by atoms with Gasteiger partial charge < -0.3 is 14.7 Å². The van der Waals surface area contributed by atoms with Crippen molar-refractivity contribution in [1.29, 1.82) is 0 Å². The van der Waals surface area contributed by atoms with Gasteiger partial charge in [0.05, 0.1) is 16.5 Å². The van der Waals surface area contributed by atoms with Crippen LogP contribution < -0.4 is 0 Å². The lowest BCUT2D eigenvalue weighted by atomic mass is 10.1. The minimum Gasteiger partial charge on any atom is -0.339 e. The number of halogens is 2. The van der Waals surface area contributed by atoms with Crippen LogP contribution in [0.2, 0.25) is 10.0 Å². The lowest BCUT2D eigenvalue weighted by Crippen LogP contribution is -2.52. The number of piperazine rings is 1. The van der Waals surface area contributed by atoms with Gasteiger partial charge in [-0.05, 0) is 39.0 Å². The van der Waals surface area contributed by atoms with Gasteiger partial charge in [-0.3, -0.25) is 14.4 Å². The number of rotatable bonds is 2. The maximum atomic E-state index is 12.9. The van der Waals surface area contributed by atoms with Crippen molar-refractivity contribution in [1.82, 2.24) is 14.7 Å². The Morgan fingerprint density at radius 3 is 2.18 bits per heavy atom. The van der Waals surface area contributed by atoms with Crippen LogP contribution in [0.4, 0.5) is 0 Å². The van der Waals surface area contributed by atoms with Crippen molar-refractivity contribution in [3.63, 3.8) is 0 Å². The van der Waals surface area contributed by atoms with Crippen LogP contribution >= 0.6 is 23.2 Å². The molecule has 3 amide bonds. The van der Waals surface area contributed by atoms with Crippen LogP contribution in [0.1, 0.15) is 37.6 Å². The van der Waals surface area contributed by atoms with E-state index in [0.717, 1.165) is 0 Å². The van der Waals surface area contributed by atoms with Gasteiger partial charge in [0.15, 0.2) is 0 Å². The van der Waals surface area contributed by atoms with Crippen molar-refractivity contribution in [2.24, 2.45) is 5.92 Å². The average Bonchev–Trinajstić information content (AvgIpc) is 3.03. The summed E-state index contributed by atoms with van der Waals surface area (Å²) < 4.78 is 0. The molecule has 2 aliphatic heterocycles. The molecule has 0 aliphatic carbocycles. The normalized spacial score (nSPS) is 20.7. The summed E-state index contributed by atoms with van der Waals surface area (Å²) in [6.07, 6.45) is 0.260. The molecule has 2 fully saturated rings. The van der Waals surface area contributed by atoms with Gasteiger partial charge in [-0.2, -0.15) is 0 Å². The minimum absolute atomic E-state index is 0.00303. The number of benzene rings is 1. The van der Waals surface area contributed by atoms with Crippen molar-refractivity contribution in [2.75, 3.05) is 32.7 Å². The highest BCUT2D eigenvalue weighted by atomic mass is 35.5. The number of carbonyl (C=O) groups is 3. The van der Waals surface area contributed by atoms with E-state index in [1.807, 2.05) is 20.8 Å². The summed E-state index contributed by atoms with van der Waals surface area (Å²) >= 11 is 12.0. The maximum Gasteiger partial charge on any atom is 0.255 e. The fourth-order valence-corrected chi connectivity index (χ4v) is 4.23. The molecule has 3 rings (SSSR count). The van der Waals surface area contributed by atoms with Gasteiger partial charge in [-0.15, -0.1) is 0 Å². The third kappa shape index (κ3) is 4.28. The van der Waals surface area contributed by atoms with Gasteiger partial charge in [-0.1, -0.05) is 23.2 Å². The monoisotopic (exact) mass is 425 g/mol. The highest BCUT2D eigenvalue weighted by Crippen LogP contribution is 2.28. The lowest BCUT2D eigenvalue weighted by Gasteiger charge is -2.36. The van der Waals surface area contributed by atoms with Crippen molar-refractivity contribution in [2.45, 2.75) is 32.7 Å². The van der Waals surface area contributed by atoms with Gasteiger partial charge in [0.1, 0.15) is 0 Å². The topological polar surface area (TPSA) is 60.9 Å². The zero-order valence-electron chi connectivity index (χ0n) is 16.4. The summed E-state index contributed by atoms with van der Waals surface area (Å²) in [7, 11) is 0. The molecule has 2 heterocycles. The van der Waals surface area contributed by atoms with Crippen LogP contribution in [-0.4, -0.2) is 70.7 Å². The Morgan fingerprint density at radius 2 is 1.64 bits per heavy atom. The van der Waals surface area contributed by atoms with E-state index in [2.05, 4.69) is 0 Å². The number of hydrogen-bond donors (Lipinski definition) is 0. The number of amides is 3. The molecule has 6 nitrogen and oxygen atoms in total. The fourth-order valence-electron chi connectivity index (χ4n) is 3.74. The van der Waals surface area contributed by atoms with Gasteiger partial charge in [-0.25, -0.2) is 0 Å². The highest BCUT2D eigenvalue weighted by molar-refractivity contribution is 6.36. The van der Waals surface area contributed by atoms with Gasteiger partial charge in [0, 0.05) is 49.7 Å². The molecule has 152 valence electrons. The van der Waals surface area contributed by atoms with E-state index >= 15 is 0 Å². The zero-order chi connectivity index (χ0) is 20.6. The Balaban J connectivity index is 1.59. The summed E-state index contributed by atoms with van der Waals surface area (Å²) in [6.45, 7) is 8.17. The van der Waals surface area contributed by atoms with E-state index in [0.29, 0.717) is 48.3 Å². The average molecular weight is 426 g/mol. The van der Waals surface area contributed by atoms with E-state index in [1.165, 1.54) is 0 Å². The molecule has 1 atom stereocenters. The second-order valence-electron chi connectivity index (χ2n) is 8.32. The van der Waals surface area contributed by atoms with Gasteiger partial charge in [0.2, 0.25) is 11.8 Å². The van der Waals surface area contributed by atoms with Crippen LogP contribution in [-0.2, 0) is 9.59 Å². The standard InChI is InChI=1S/C20H25Cl2N3O3/c1-20(2,3)25-12-13(10-17(25)26)18(27)23-6-8-24(9-7-23)19(28)15-5-4-14(21)11-16(15)22/h4-5,11,13H,6-10,12H2,1-3H3. The van der Waals surface area contributed by atoms with E-state index < -0.39 is 0 Å². The van der Waals surface area contributed by atoms with Gasteiger partial charge in [0.25, 0.3) is 5.91 Å². The first-order valence-electron chi connectivity index (χ1n) is 9.41. The third-order valence-corrected chi connectivity index (χ3v) is 5.87. The zero-order valence-corrected chi connectivity index (χ0v) is 17.9. The van der Waals surface area contributed by atoms with Crippen LogP contribution in [0, 0.1) is 5.92 Å². The molecule has 1 aromatic rings. The summed E-state index contributed by atoms with van der Waals surface area (Å²) in [6, 6.07) is 4.81. The Morgan fingerprint density at radius 1 is 1.04 bits per heavy atom. The first-order valence-corrected chi connectivity index (χ1v) is 10.2. The molecule has 2 aliphatic rings. The Hall–Kier alpha value is -1.79. The molecule has 1 aromatic carbocycles. The Labute approximate surface area is 175 Å². The first-order chi connectivity index (χ1) is 13.1. The molecule has 8 heteroatoms. The van der Waals surface area contributed by atoms with E-state index in [1.54, 1.807) is 32.9 Å². The number of likely N-dealkylation sites (tertiary alicyclic amines) is 1. The number of nitrogens with zero attached hydrogens (tertiary/aromatic N) is 3. The predicted molar refractivity (Wildman–Crippen MR) is 109 cm³/mol. The number of hydrogen-bond acceptors (Lipinski definition) is 3. The molecule has 1 unspecified atom stereocenters. The van der Waals surface area contributed by atoms with Crippen molar-refractivity contribution >= 4 is 40.9 Å². The summed E-state index contributed by atoms with van der Waals surface area (Å²) in [5.41, 5.74) is 0.128. The third-order valence-electron chi connectivity index (χ3n) is 5.32. The smallest absolute Gasteiger partial charge is 0.255 e. The maximum absolute atomic E-state index is 12.9. The molecule has 0 bridgehead atoms.